The van der Waals surface area contributed by atoms with Crippen molar-refractivity contribution < 1.29 is 19.0 Å². The molecule has 1 atom stereocenters. The summed E-state index contributed by atoms with van der Waals surface area (Å²) in [6.45, 7) is 3.48. The van der Waals surface area contributed by atoms with Crippen LogP contribution >= 0.6 is 0 Å². The normalized spacial score (nSPS) is 19.8. The van der Waals surface area contributed by atoms with Crippen molar-refractivity contribution >= 4 is 5.97 Å². The summed E-state index contributed by atoms with van der Waals surface area (Å²) in [6.07, 6.45) is 5.74. The van der Waals surface area contributed by atoms with Gasteiger partial charge in [0.25, 0.3) is 5.56 Å². The highest BCUT2D eigenvalue weighted by molar-refractivity contribution is 5.69. The van der Waals surface area contributed by atoms with Crippen molar-refractivity contribution in [3.8, 4) is 17.6 Å². The molecule has 2 aromatic rings. The van der Waals surface area contributed by atoms with Crippen LogP contribution in [0.3, 0.4) is 0 Å². The summed E-state index contributed by atoms with van der Waals surface area (Å²) in [7, 11) is 1.60. The zero-order valence-electron chi connectivity index (χ0n) is 20.1. The molecule has 1 aromatic heterocycles. The van der Waals surface area contributed by atoms with Crippen molar-refractivity contribution in [2.75, 3.05) is 13.7 Å². The fourth-order valence-corrected chi connectivity index (χ4v) is 5.04. The molecule has 1 aromatic carbocycles. The van der Waals surface area contributed by atoms with E-state index in [1.807, 2.05) is 18.2 Å². The highest BCUT2D eigenvalue weighted by Crippen LogP contribution is 2.41. The zero-order chi connectivity index (χ0) is 24.3. The number of hydrogen-bond acceptors (Lipinski definition) is 7. The first-order valence-corrected chi connectivity index (χ1v) is 11.9. The van der Waals surface area contributed by atoms with E-state index >= 15 is 0 Å². The molecule has 0 amide bonds. The molecule has 1 unspecified atom stereocenters. The van der Waals surface area contributed by atoms with Crippen LogP contribution in [0.15, 0.2) is 23.0 Å². The molecular formula is C26H31N3O5. The lowest BCUT2D eigenvalue weighted by molar-refractivity contribution is -0.143. The van der Waals surface area contributed by atoms with Gasteiger partial charge in [0.05, 0.1) is 37.0 Å². The number of rotatable bonds is 7. The van der Waals surface area contributed by atoms with E-state index in [0.717, 1.165) is 31.2 Å². The second-order valence-corrected chi connectivity index (χ2v) is 9.04. The number of carbonyl (C=O) groups excluding carboxylic acids is 1. The second kappa shape index (κ2) is 9.88. The van der Waals surface area contributed by atoms with Gasteiger partial charge in [0.1, 0.15) is 12.4 Å². The number of aryl methyl sites for hydroxylation is 2. The zero-order valence-corrected chi connectivity index (χ0v) is 20.1. The molecule has 1 saturated carbocycles. The van der Waals surface area contributed by atoms with E-state index in [4.69, 9.17) is 14.2 Å². The topological polar surface area (TPSA) is 103 Å². The predicted octanol–water partition coefficient (Wildman–Crippen LogP) is 3.40. The molecule has 0 saturated heterocycles. The molecule has 0 spiro atoms. The average molecular weight is 466 g/mol. The number of methoxy groups -OCH3 is 1. The summed E-state index contributed by atoms with van der Waals surface area (Å²) < 4.78 is 18.1. The van der Waals surface area contributed by atoms with Gasteiger partial charge >= 0.3 is 5.97 Å². The Morgan fingerprint density at radius 2 is 2.06 bits per heavy atom. The Hall–Kier alpha value is -3.34. The van der Waals surface area contributed by atoms with E-state index in [0.29, 0.717) is 41.4 Å². The molecule has 180 valence electrons. The van der Waals surface area contributed by atoms with Gasteiger partial charge in [-0.3, -0.25) is 14.2 Å². The van der Waals surface area contributed by atoms with Gasteiger partial charge in [-0.05, 0) is 70.1 Å². The van der Waals surface area contributed by atoms with Crippen molar-refractivity contribution in [1.29, 1.82) is 5.26 Å². The first kappa shape index (κ1) is 23.8. The fraction of sp³-hybridized carbons (Fsp3) is 0.538. The van der Waals surface area contributed by atoms with Crippen LogP contribution in [0.25, 0.3) is 0 Å². The van der Waals surface area contributed by atoms with Crippen molar-refractivity contribution in [1.82, 2.24) is 9.55 Å². The molecular weight excluding hydrogens is 434 g/mol. The molecule has 0 radical (unpaired) electrons. The van der Waals surface area contributed by atoms with E-state index < -0.39 is 11.4 Å². The summed E-state index contributed by atoms with van der Waals surface area (Å²) in [5, 5.41) is 10.3. The number of ether oxygens (including phenoxy) is 3. The largest absolute Gasteiger partial charge is 0.493 e. The molecule has 0 aliphatic heterocycles. The van der Waals surface area contributed by atoms with Crippen LogP contribution in [0.2, 0.25) is 0 Å². The fourth-order valence-electron chi connectivity index (χ4n) is 5.04. The van der Waals surface area contributed by atoms with Crippen LogP contribution in [0, 0.1) is 18.3 Å². The number of esters is 1. The SMILES string of the molecule is CCOC(=O)Cn1c(C)nc2c(c1=O)CC(C#N)(c1ccc(OC)c(OC3CCCC3)c1)CC2. The first-order chi connectivity index (χ1) is 16.4. The Bertz CT molecular complexity index is 1180. The minimum absolute atomic E-state index is 0.150. The maximum atomic E-state index is 13.4. The van der Waals surface area contributed by atoms with E-state index in [2.05, 4.69) is 11.1 Å². The van der Waals surface area contributed by atoms with E-state index in [1.165, 1.54) is 4.57 Å². The summed E-state index contributed by atoms with van der Waals surface area (Å²) >= 11 is 0. The standard InChI is InChI=1S/C26H31N3O5/c1-4-33-24(30)15-29-17(2)28-21-11-12-26(16-27,14-20(21)25(29)31)18-9-10-22(32-3)23(13-18)34-19-7-5-6-8-19/h9-10,13,19H,4-8,11-12,14-15H2,1-3H3. The molecule has 8 nitrogen and oxygen atoms in total. The number of carbonyl (C=O) groups is 1. The van der Waals surface area contributed by atoms with Crippen LogP contribution in [0.1, 0.15) is 61.7 Å². The lowest BCUT2D eigenvalue weighted by Crippen LogP contribution is -2.40. The van der Waals surface area contributed by atoms with E-state index in [9.17, 15) is 14.9 Å². The molecule has 8 heteroatoms. The van der Waals surface area contributed by atoms with Crippen LogP contribution in [0.5, 0.6) is 11.5 Å². The van der Waals surface area contributed by atoms with Gasteiger partial charge in [-0.2, -0.15) is 5.26 Å². The Balaban J connectivity index is 1.70. The van der Waals surface area contributed by atoms with Crippen molar-refractivity contribution in [3.05, 3.63) is 51.2 Å². The number of benzene rings is 1. The third kappa shape index (κ3) is 4.52. The first-order valence-electron chi connectivity index (χ1n) is 11.9. The van der Waals surface area contributed by atoms with Gasteiger partial charge in [0.15, 0.2) is 11.5 Å². The van der Waals surface area contributed by atoms with Gasteiger partial charge in [-0.1, -0.05) is 6.07 Å². The number of aromatic nitrogens is 2. The molecule has 1 fully saturated rings. The summed E-state index contributed by atoms with van der Waals surface area (Å²) in [6, 6.07) is 8.10. The number of fused-ring (bicyclic) bond motifs is 1. The Labute approximate surface area is 199 Å². The van der Waals surface area contributed by atoms with Crippen LogP contribution in [0.4, 0.5) is 0 Å². The highest BCUT2D eigenvalue weighted by Gasteiger charge is 2.39. The highest BCUT2D eigenvalue weighted by atomic mass is 16.5. The van der Waals surface area contributed by atoms with Gasteiger partial charge in [0.2, 0.25) is 0 Å². The van der Waals surface area contributed by atoms with Gasteiger partial charge in [0, 0.05) is 12.0 Å². The quantitative estimate of drug-likeness (QED) is 0.577. The third-order valence-corrected chi connectivity index (χ3v) is 6.92. The average Bonchev–Trinajstić information content (AvgIpc) is 3.35. The third-order valence-electron chi connectivity index (χ3n) is 6.92. The molecule has 0 N–H and O–H groups in total. The number of nitrogens with zero attached hydrogens (tertiary/aromatic N) is 3. The minimum atomic E-state index is -0.898. The summed E-state index contributed by atoms with van der Waals surface area (Å²) in [5.74, 6) is 1.25. The lowest BCUT2D eigenvalue weighted by atomic mass is 9.69. The maximum Gasteiger partial charge on any atom is 0.326 e. The molecule has 0 bridgehead atoms. The van der Waals surface area contributed by atoms with Crippen molar-refractivity contribution in [2.45, 2.75) is 76.9 Å². The number of hydrogen-bond donors (Lipinski definition) is 0. The van der Waals surface area contributed by atoms with E-state index in [-0.39, 0.29) is 31.2 Å². The monoisotopic (exact) mass is 465 g/mol. The molecule has 4 rings (SSSR count). The lowest BCUT2D eigenvalue weighted by Gasteiger charge is -2.33. The summed E-state index contributed by atoms with van der Waals surface area (Å²) in [4.78, 5) is 30.0. The smallest absolute Gasteiger partial charge is 0.326 e. The molecule has 2 aliphatic carbocycles. The van der Waals surface area contributed by atoms with Crippen LogP contribution in [-0.4, -0.2) is 35.3 Å². The molecule has 34 heavy (non-hydrogen) atoms. The Morgan fingerprint density at radius 1 is 1.29 bits per heavy atom. The molecule has 1 heterocycles. The second-order valence-electron chi connectivity index (χ2n) is 9.04. The number of nitriles is 1. The predicted molar refractivity (Wildman–Crippen MR) is 125 cm³/mol. The minimum Gasteiger partial charge on any atom is -0.493 e. The van der Waals surface area contributed by atoms with Gasteiger partial charge in [-0.25, -0.2) is 4.98 Å². The Kier molecular flexibility index (Phi) is 6.92. The van der Waals surface area contributed by atoms with Crippen molar-refractivity contribution in [2.24, 2.45) is 0 Å². The van der Waals surface area contributed by atoms with Gasteiger partial charge in [-0.15, -0.1) is 0 Å². The van der Waals surface area contributed by atoms with Gasteiger partial charge < -0.3 is 14.2 Å². The maximum absolute atomic E-state index is 13.4. The van der Waals surface area contributed by atoms with E-state index in [1.54, 1.807) is 21.0 Å². The summed E-state index contributed by atoms with van der Waals surface area (Å²) in [5.41, 5.74) is 0.795. The molecule has 2 aliphatic rings. The Morgan fingerprint density at radius 3 is 2.74 bits per heavy atom. The van der Waals surface area contributed by atoms with Crippen LogP contribution in [-0.2, 0) is 34.3 Å². The van der Waals surface area contributed by atoms with Crippen LogP contribution < -0.4 is 15.0 Å². The van der Waals surface area contributed by atoms with Crippen molar-refractivity contribution in [3.63, 3.8) is 0 Å².